The molecule has 6 heteroatoms. The zero-order valence-corrected chi connectivity index (χ0v) is 17.7. The second-order valence-electron chi connectivity index (χ2n) is 8.05. The second kappa shape index (κ2) is 8.45. The second-order valence-corrected chi connectivity index (χ2v) is 8.05. The summed E-state index contributed by atoms with van der Waals surface area (Å²) in [5.41, 5.74) is 9.84. The lowest BCUT2D eigenvalue weighted by atomic mass is 10.0. The monoisotopic (exact) mass is 384 g/mol. The highest BCUT2D eigenvalue weighted by Gasteiger charge is 2.20. The minimum Gasteiger partial charge on any atom is -0.396 e. The third-order valence-corrected chi connectivity index (χ3v) is 5.56. The van der Waals surface area contributed by atoms with E-state index in [1.165, 1.54) is 0 Å². The molecule has 3 rings (SSSR count). The number of aryl methyl sites for hydroxylation is 1. The predicted octanol–water partition coefficient (Wildman–Crippen LogP) is 4.48. The molecule has 2 N–H and O–H groups in total. The summed E-state index contributed by atoms with van der Waals surface area (Å²) in [4.78, 5) is 0. The molecular formula is C22H32N4O2. The van der Waals surface area contributed by atoms with Crippen molar-refractivity contribution >= 4 is 27.5 Å². The van der Waals surface area contributed by atoms with Crippen LogP contribution in [-0.2, 0) is 16.0 Å². The van der Waals surface area contributed by atoms with Crippen molar-refractivity contribution in [2.75, 3.05) is 19.5 Å². The zero-order valence-electron chi connectivity index (χ0n) is 17.7. The third kappa shape index (κ3) is 4.13. The fraction of sp³-hybridized carbons (Fsp3) is 0.545. The van der Waals surface area contributed by atoms with Crippen molar-refractivity contribution in [1.82, 2.24) is 15.0 Å². The average Bonchev–Trinajstić information content (AvgIpc) is 3.10. The van der Waals surface area contributed by atoms with Crippen LogP contribution >= 0.6 is 0 Å². The lowest BCUT2D eigenvalue weighted by Gasteiger charge is -2.25. The summed E-state index contributed by atoms with van der Waals surface area (Å²) >= 11 is 0. The molecule has 0 fully saturated rings. The van der Waals surface area contributed by atoms with Crippen molar-refractivity contribution in [3.8, 4) is 0 Å². The molecule has 0 amide bonds. The number of nitrogens with zero attached hydrogens (tertiary/aromatic N) is 3. The molecule has 2 aromatic carbocycles. The van der Waals surface area contributed by atoms with Gasteiger partial charge in [-0.15, -0.1) is 5.10 Å². The first-order chi connectivity index (χ1) is 13.4. The number of aromatic nitrogens is 3. The maximum absolute atomic E-state index is 6.41. The van der Waals surface area contributed by atoms with Gasteiger partial charge in [-0.25, -0.2) is 4.68 Å². The molecule has 152 valence electrons. The van der Waals surface area contributed by atoms with Gasteiger partial charge in [0, 0.05) is 19.1 Å². The van der Waals surface area contributed by atoms with E-state index >= 15 is 0 Å². The van der Waals surface area contributed by atoms with Gasteiger partial charge in [0.05, 0.1) is 29.5 Å². The van der Waals surface area contributed by atoms with Crippen LogP contribution in [0.15, 0.2) is 24.3 Å². The number of nitrogens with two attached hydrogens (primary N) is 1. The Morgan fingerprint density at radius 1 is 1.21 bits per heavy atom. The van der Waals surface area contributed by atoms with E-state index in [0.29, 0.717) is 18.8 Å². The van der Waals surface area contributed by atoms with Crippen LogP contribution in [-0.4, -0.2) is 40.4 Å². The van der Waals surface area contributed by atoms with Crippen molar-refractivity contribution < 1.29 is 9.47 Å². The summed E-state index contributed by atoms with van der Waals surface area (Å²) < 4.78 is 13.6. The Kier molecular flexibility index (Phi) is 6.20. The molecule has 0 saturated carbocycles. The zero-order chi connectivity index (χ0) is 20.3. The summed E-state index contributed by atoms with van der Waals surface area (Å²) in [5, 5.41) is 11.0. The van der Waals surface area contributed by atoms with Crippen LogP contribution in [0.2, 0.25) is 0 Å². The molecule has 0 aliphatic heterocycles. The van der Waals surface area contributed by atoms with Crippen LogP contribution in [0.25, 0.3) is 21.8 Å². The highest BCUT2D eigenvalue weighted by Crippen LogP contribution is 2.33. The van der Waals surface area contributed by atoms with Crippen LogP contribution in [0.5, 0.6) is 0 Å². The Bertz CT molecular complexity index is 949. The molecule has 1 atom stereocenters. The molecule has 0 spiro atoms. The molecule has 3 aromatic rings. The molecule has 28 heavy (non-hydrogen) atoms. The normalized spacial score (nSPS) is 13.5. The summed E-state index contributed by atoms with van der Waals surface area (Å²) in [7, 11) is 1.74. The van der Waals surface area contributed by atoms with Gasteiger partial charge in [-0.3, -0.25) is 0 Å². The first kappa shape index (κ1) is 20.6. The summed E-state index contributed by atoms with van der Waals surface area (Å²) in [6, 6.07) is 8.18. The number of benzene rings is 2. The largest absolute Gasteiger partial charge is 0.396 e. The Hall–Kier alpha value is -2.18. The lowest BCUT2D eigenvalue weighted by Crippen LogP contribution is -2.28. The number of rotatable bonds is 9. The van der Waals surface area contributed by atoms with Crippen molar-refractivity contribution in [2.45, 2.75) is 65.2 Å². The molecule has 0 aliphatic carbocycles. The molecule has 0 radical (unpaired) electrons. The number of ether oxygens (including phenoxy) is 2. The Morgan fingerprint density at radius 2 is 1.93 bits per heavy atom. The number of nitrogen functional groups attached to an aromatic ring is 1. The van der Waals surface area contributed by atoms with E-state index in [1.807, 2.05) is 22.9 Å². The van der Waals surface area contributed by atoms with Crippen LogP contribution in [0.4, 0.5) is 5.69 Å². The fourth-order valence-corrected chi connectivity index (χ4v) is 3.61. The molecule has 0 aliphatic rings. The van der Waals surface area contributed by atoms with Crippen LogP contribution in [0, 0.1) is 6.92 Å². The maximum atomic E-state index is 6.41. The molecule has 1 aromatic heterocycles. The summed E-state index contributed by atoms with van der Waals surface area (Å²) in [6.45, 7) is 9.76. The smallest absolute Gasteiger partial charge is 0.136 e. The third-order valence-electron chi connectivity index (χ3n) is 5.56. The highest BCUT2D eigenvalue weighted by atomic mass is 16.5. The van der Waals surface area contributed by atoms with Gasteiger partial charge in [-0.2, -0.15) is 0 Å². The standard InChI is InChI=1S/C22H32N4O2/c1-6-9-16(28-13-12-22(3,4)27-5)14-26-21-15(2)17-10-7-8-11-18(17)19(23)20(21)24-25-26/h7-8,10-11,16H,6,9,12-14,23H2,1-5H3. The highest BCUT2D eigenvalue weighted by molar-refractivity contribution is 6.09. The van der Waals surface area contributed by atoms with Crippen molar-refractivity contribution in [3.05, 3.63) is 29.8 Å². The van der Waals surface area contributed by atoms with Crippen LogP contribution in [0.3, 0.4) is 0 Å². The molecule has 1 heterocycles. The average molecular weight is 385 g/mol. The van der Waals surface area contributed by atoms with E-state index in [-0.39, 0.29) is 11.7 Å². The summed E-state index contributed by atoms with van der Waals surface area (Å²) in [6.07, 6.45) is 2.94. The van der Waals surface area contributed by atoms with E-state index in [2.05, 4.69) is 44.1 Å². The van der Waals surface area contributed by atoms with E-state index in [0.717, 1.165) is 46.6 Å². The number of anilines is 1. The van der Waals surface area contributed by atoms with Gasteiger partial charge in [-0.1, -0.05) is 42.8 Å². The molecule has 1 unspecified atom stereocenters. The first-order valence-electron chi connectivity index (χ1n) is 10.0. The number of hydrogen-bond donors (Lipinski definition) is 1. The minimum atomic E-state index is -0.180. The van der Waals surface area contributed by atoms with Crippen molar-refractivity contribution in [3.63, 3.8) is 0 Å². The van der Waals surface area contributed by atoms with E-state index in [9.17, 15) is 0 Å². The van der Waals surface area contributed by atoms with Gasteiger partial charge in [-0.05, 0) is 44.6 Å². The lowest BCUT2D eigenvalue weighted by molar-refractivity contribution is -0.0324. The van der Waals surface area contributed by atoms with Gasteiger partial charge >= 0.3 is 0 Å². The Balaban J connectivity index is 1.87. The minimum absolute atomic E-state index is 0.0784. The number of hydrogen-bond acceptors (Lipinski definition) is 5. The number of fused-ring (bicyclic) bond motifs is 2. The van der Waals surface area contributed by atoms with E-state index < -0.39 is 0 Å². The van der Waals surface area contributed by atoms with Crippen molar-refractivity contribution in [2.24, 2.45) is 0 Å². The van der Waals surface area contributed by atoms with Crippen LogP contribution in [0.1, 0.15) is 45.6 Å². The number of methoxy groups -OCH3 is 1. The van der Waals surface area contributed by atoms with Gasteiger partial charge < -0.3 is 15.2 Å². The Labute approximate surface area is 167 Å². The van der Waals surface area contributed by atoms with Crippen LogP contribution < -0.4 is 5.73 Å². The predicted molar refractivity (Wildman–Crippen MR) is 115 cm³/mol. The summed E-state index contributed by atoms with van der Waals surface area (Å²) in [5.74, 6) is 0. The molecule has 0 saturated heterocycles. The van der Waals surface area contributed by atoms with E-state index in [1.54, 1.807) is 7.11 Å². The van der Waals surface area contributed by atoms with Gasteiger partial charge in [0.2, 0.25) is 0 Å². The van der Waals surface area contributed by atoms with Gasteiger partial charge in [0.25, 0.3) is 0 Å². The molecular weight excluding hydrogens is 352 g/mol. The van der Waals surface area contributed by atoms with Gasteiger partial charge in [0.1, 0.15) is 5.52 Å². The molecule has 6 nitrogen and oxygen atoms in total. The van der Waals surface area contributed by atoms with Gasteiger partial charge in [0.15, 0.2) is 0 Å². The topological polar surface area (TPSA) is 75.2 Å². The molecule has 0 bridgehead atoms. The quantitative estimate of drug-likeness (QED) is 0.551. The fourth-order valence-electron chi connectivity index (χ4n) is 3.61. The van der Waals surface area contributed by atoms with E-state index in [4.69, 9.17) is 15.2 Å². The SMILES string of the molecule is CCCC(Cn1nnc2c(N)c3ccccc3c(C)c21)OCCC(C)(C)OC. The maximum Gasteiger partial charge on any atom is 0.136 e. The first-order valence-corrected chi connectivity index (χ1v) is 10.0. The Morgan fingerprint density at radius 3 is 2.61 bits per heavy atom. The van der Waals surface area contributed by atoms with Crippen molar-refractivity contribution in [1.29, 1.82) is 0 Å².